The topological polar surface area (TPSA) is 160 Å². The third kappa shape index (κ3) is 5.70. The number of esters is 4. The monoisotopic (exact) mass is 621 g/mol. The Kier molecular flexibility index (Phi) is 8.28. The summed E-state index contributed by atoms with van der Waals surface area (Å²) in [5.74, 6) is -3.34. The molecule has 1 saturated heterocycles. The number of fused-ring (bicyclic) bond motifs is 1. The van der Waals surface area contributed by atoms with Gasteiger partial charge in [0.15, 0.2) is 18.3 Å². The average molecular weight is 623 g/mol. The second-order valence-electron chi connectivity index (χ2n) is 7.38. The number of methoxy groups -OCH3 is 1. The minimum absolute atomic E-state index is 0.108. The molecule has 190 valence electrons. The van der Waals surface area contributed by atoms with Crippen LogP contribution in [0, 0.1) is 0 Å². The van der Waals surface area contributed by atoms with Gasteiger partial charge in [0.2, 0.25) is 12.4 Å². The van der Waals surface area contributed by atoms with Gasteiger partial charge in [0, 0.05) is 27.0 Å². The van der Waals surface area contributed by atoms with E-state index in [1.165, 1.54) is 6.20 Å². The van der Waals surface area contributed by atoms with Crippen LogP contribution in [0.4, 0.5) is 0 Å². The van der Waals surface area contributed by atoms with Gasteiger partial charge < -0.3 is 38.5 Å². The molecule has 0 amide bonds. The summed E-state index contributed by atoms with van der Waals surface area (Å²) in [7, 11) is 1.09. The molecule has 1 aliphatic heterocycles. The zero-order chi connectivity index (χ0) is 26.0. The highest BCUT2D eigenvalue weighted by molar-refractivity contribution is 9.11. The second kappa shape index (κ2) is 10.8. The third-order valence-corrected chi connectivity index (χ3v) is 6.25. The van der Waals surface area contributed by atoms with Crippen molar-refractivity contribution in [2.75, 3.05) is 7.11 Å². The summed E-state index contributed by atoms with van der Waals surface area (Å²) >= 11 is 6.54. The first-order chi connectivity index (χ1) is 16.4. The molecule has 0 saturated carbocycles. The molecule has 0 bridgehead atoms. The summed E-state index contributed by atoms with van der Waals surface area (Å²) in [6, 6.07) is 1.60. The smallest absolute Gasteiger partial charge is 0.339 e. The number of H-pyrrole nitrogens is 1. The number of ether oxygens (including phenoxy) is 6. The standard InChI is InChI=1S/C21H21Br2NO11/c1-7(25)31-16-17(32-8(2)26)19(33-9(3)27)21(35-18(16)20(29)30-4)34-12-6-24-11-5-10(22)15(28)14(23)13(11)12/h5-6,16-19,21,24,28H,1-4H3/t16-,17-,18-,19+,21+/m0/s1. The lowest BCUT2D eigenvalue weighted by Crippen LogP contribution is -2.64. The van der Waals surface area contributed by atoms with E-state index in [0.29, 0.717) is 15.4 Å². The molecule has 2 aromatic rings. The van der Waals surface area contributed by atoms with E-state index in [0.717, 1.165) is 27.9 Å². The Morgan fingerprint density at radius 2 is 1.54 bits per heavy atom. The van der Waals surface area contributed by atoms with Crippen LogP contribution in [0.5, 0.6) is 11.5 Å². The molecule has 3 rings (SSSR count). The highest BCUT2D eigenvalue weighted by Crippen LogP contribution is 2.43. The van der Waals surface area contributed by atoms with Gasteiger partial charge in [0.1, 0.15) is 11.5 Å². The lowest BCUT2D eigenvalue weighted by atomic mass is 9.97. The number of nitrogens with one attached hydrogen (secondary N) is 1. The first-order valence-electron chi connectivity index (χ1n) is 10.0. The van der Waals surface area contributed by atoms with Crippen molar-refractivity contribution in [3.63, 3.8) is 0 Å². The Labute approximate surface area is 215 Å². The Morgan fingerprint density at radius 1 is 0.971 bits per heavy atom. The van der Waals surface area contributed by atoms with Crippen molar-refractivity contribution in [3.05, 3.63) is 21.2 Å². The van der Waals surface area contributed by atoms with Crippen LogP contribution in [0.2, 0.25) is 0 Å². The van der Waals surface area contributed by atoms with E-state index >= 15 is 0 Å². The predicted octanol–water partition coefficient (Wildman–Crippen LogP) is 2.47. The molecule has 1 aliphatic rings. The van der Waals surface area contributed by atoms with Crippen LogP contribution >= 0.6 is 31.9 Å². The number of phenolic OH excluding ortho intramolecular Hbond substituents is 1. The normalized spacial score (nSPS) is 23.9. The van der Waals surface area contributed by atoms with Gasteiger partial charge in [0.05, 0.1) is 27.0 Å². The first kappa shape index (κ1) is 26.8. The van der Waals surface area contributed by atoms with Gasteiger partial charge in [0.25, 0.3) is 0 Å². The van der Waals surface area contributed by atoms with Gasteiger partial charge in [-0.1, -0.05) is 0 Å². The number of hydrogen-bond acceptors (Lipinski definition) is 11. The fraction of sp³-hybridized carbons (Fsp3) is 0.429. The number of carbonyl (C=O) groups excluding carboxylic acids is 4. The molecule has 0 spiro atoms. The van der Waals surface area contributed by atoms with Crippen LogP contribution in [-0.2, 0) is 42.9 Å². The minimum Gasteiger partial charge on any atom is -0.506 e. The van der Waals surface area contributed by atoms with Gasteiger partial charge in [-0.15, -0.1) is 0 Å². The largest absolute Gasteiger partial charge is 0.506 e. The first-order valence-corrected chi connectivity index (χ1v) is 11.6. The highest BCUT2D eigenvalue weighted by atomic mass is 79.9. The van der Waals surface area contributed by atoms with Crippen LogP contribution in [0.25, 0.3) is 10.9 Å². The fourth-order valence-corrected chi connectivity index (χ4v) is 4.89. The van der Waals surface area contributed by atoms with E-state index in [-0.39, 0.29) is 16.0 Å². The van der Waals surface area contributed by atoms with E-state index in [1.54, 1.807) is 6.07 Å². The van der Waals surface area contributed by atoms with Crippen molar-refractivity contribution >= 4 is 66.6 Å². The summed E-state index contributed by atoms with van der Waals surface area (Å²) in [6.07, 6.45) is -6.14. The molecule has 2 heterocycles. The lowest BCUT2D eigenvalue weighted by Gasteiger charge is -2.43. The molecule has 2 N–H and O–H groups in total. The summed E-state index contributed by atoms with van der Waals surface area (Å²) in [6.45, 7) is 3.27. The van der Waals surface area contributed by atoms with Crippen molar-refractivity contribution in [1.29, 1.82) is 0 Å². The Hall–Kier alpha value is -2.84. The Bertz CT molecular complexity index is 1160. The van der Waals surface area contributed by atoms with Gasteiger partial charge in [-0.2, -0.15) is 0 Å². The number of aromatic hydroxyl groups is 1. The molecular weight excluding hydrogens is 602 g/mol. The number of halogens is 2. The van der Waals surface area contributed by atoms with E-state index in [4.69, 9.17) is 28.4 Å². The Morgan fingerprint density at radius 3 is 2.11 bits per heavy atom. The van der Waals surface area contributed by atoms with E-state index in [1.807, 2.05) is 0 Å². The van der Waals surface area contributed by atoms with Gasteiger partial charge in [-0.25, -0.2) is 4.79 Å². The number of benzene rings is 1. The zero-order valence-electron chi connectivity index (χ0n) is 18.8. The summed E-state index contributed by atoms with van der Waals surface area (Å²) in [5, 5.41) is 10.7. The number of rotatable bonds is 6. The second-order valence-corrected chi connectivity index (χ2v) is 9.03. The third-order valence-electron chi connectivity index (χ3n) is 4.88. The van der Waals surface area contributed by atoms with Crippen molar-refractivity contribution in [2.24, 2.45) is 0 Å². The molecule has 0 aliphatic carbocycles. The fourth-order valence-electron chi connectivity index (χ4n) is 3.57. The maximum atomic E-state index is 12.5. The van der Waals surface area contributed by atoms with E-state index in [2.05, 4.69) is 36.8 Å². The molecule has 0 radical (unpaired) electrons. The molecule has 14 heteroatoms. The molecule has 1 aromatic heterocycles. The van der Waals surface area contributed by atoms with Crippen LogP contribution in [-0.4, -0.2) is 71.8 Å². The summed E-state index contributed by atoms with van der Waals surface area (Å²) in [5.41, 5.74) is 0.551. The van der Waals surface area contributed by atoms with Crippen molar-refractivity contribution in [2.45, 2.75) is 51.5 Å². The highest BCUT2D eigenvalue weighted by Gasteiger charge is 2.56. The molecular formula is C21H21Br2NO11. The number of phenols is 1. The molecule has 35 heavy (non-hydrogen) atoms. The van der Waals surface area contributed by atoms with E-state index < -0.39 is 54.6 Å². The zero-order valence-corrected chi connectivity index (χ0v) is 22.0. The average Bonchev–Trinajstić information content (AvgIpc) is 3.16. The molecule has 1 fully saturated rings. The molecule has 0 unspecified atom stereocenters. The maximum absolute atomic E-state index is 12.5. The summed E-state index contributed by atoms with van der Waals surface area (Å²) in [4.78, 5) is 51.0. The SMILES string of the molecule is COC(=O)[C@H]1O[C@@H](Oc2c[nH]c3cc(Br)c(O)c(Br)c23)[C@H](OC(C)=O)[C@@H](OC(C)=O)[C@@H]1OC(C)=O. The van der Waals surface area contributed by atoms with E-state index in [9.17, 15) is 24.3 Å². The lowest BCUT2D eigenvalue weighted by molar-refractivity contribution is -0.282. The van der Waals surface area contributed by atoms with Crippen molar-refractivity contribution in [3.8, 4) is 11.5 Å². The Balaban J connectivity index is 2.10. The molecule has 12 nitrogen and oxygen atoms in total. The van der Waals surface area contributed by atoms with Crippen molar-refractivity contribution < 1.29 is 52.7 Å². The summed E-state index contributed by atoms with van der Waals surface area (Å²) < 4.78 is 33.0. The van der Waals surface area contributed by atoms with Gasteiger partial charge in [-0.05, 0) is 37.9 Å². The number of hydrogen-bond donors (Lipinski definition) is 2. The van der Waals surface area contributed by atoms with Crippen LogP contribution in [0.1, 0.15) is 20.8 Å². The number of carbonyl (C=O) groups is 4. The van der Waals surface area contributed by atoms with Crippen molar-refractivity contribution in [1.82, 2.24) is 4.98 Å². The maximum Gasteiger partial charge on any atom is 0.339 e. The van der Waals surface area contributed by atoms with Crippen LogP contribution < -0.4 is 4.74 Å². The molecule has 5 atom stereocenters. The van der Waals surface area contributed by atoms with Gasteiger partial charge >= 0.3 is 23.9 Å². The minimum atomic E-state index is -1.60. The van der Waals surface area contributed by atoms with Crippen LogP contribution in [0.3, 0.4) is 0 Å². The number of aromatic nitrogens is 1. The van der Waals surface area contributed by atoms with Gasteiger partial charge in [-0.3, -0.25) is 14.4 Å². The molecule has 1 aromatic carbocycles. The quantitative estimate of drug-likeness (QED) is 0.360. The number of aromatic amines is 1. The van der Waals surface area contributed by atoms with Crippen LogP contribution in [0.15, 0.2) is 21.2 Å². The predicted molar refractivity (Wildman–Crippen MR) is 123 cm³/mol.